The van der Waals surface area contributed by atoms with Gasteiger partial charge in [0.15, 0.2) is 0 Å². The normalized spacial score (nSPS) is 10.9. The molecule has 0 aromatic heterocycles. The van der Waals surface area contributed by atoms with E-state index in [1.165, 1.54) is 0 Å². The second-order valence-corrected chi connectivity index (χ2v) is 4.40. The van der Waals surface area contributed by atoms with E-state index in [1.54, 1.807) is 62.8 Å². The fraction of sp³-hybridized carbons (Fsp3) is 0.111. The van der Waals surface area contributed by atoms with Crippen LogP contribution in [0.25, 0.3) is 16.1 Å². The van der Waals surface area contributed by atoms with Crippen LogP contribution < -0.4 is 9.47 Å². The van der Waals surface area contributed by atoms with E-state index in [0.717, 1.165) is 0 Å². The highest BCUT2D eigenvalue weighted by molar-refractivity contribution is 5.99. The molecule has 0 aliphatic rings. The molecule has 0 atom stereocenters. The topological polar surface area (TPSA) is 46.6 Å². The first-order chi connectivity index (χ1) is 10.7. The summed E-state index contributed by atoms with van der Waals surface area (Å²) in [5.41, 5.74) is 2.02. The third-order valence-electron chi connectivity index (χ3n) is 3.20. The maximum Gasteiger partial charge on any atom is 0.212 e. The number of allylic oxidation sites excluding steroid dienone is 1. The highest BCUT2D eigenvalue weighted by Gasteiger charge is 2.12. The Morgan fingerprint density at radius 2 is 1.36 bits per heavy atom. The molecular weight excluding hydrogens is 276 g/mol. The van der Waals surface area contributed by atoms with Crippen LogP contribution in [0.2, 0.25) is 0 Å². The number of benzene rings is 2. The van der Waals surface area contributed by atoms with Crippen molar-refractivity contribution in [3.63, 3.8) is 0 Å². The summed E-state index contributed by atoms with van der Waals surface area (Å²) in [5, 5.41) is 9.46. The van der Waals surface area contributed by atoms with Crippen LogP contribution in [-0.4, -0.2) is 14.2 Å². The molecule has 2 aromatic rings. The van der Waals surface area contributed by atoms with Crippen molar-refractivity contribution in [2.75, 3.05) is 14.2 Å². The SMILES string of the molecule is [C-]#[N+]/C(=C(/C#N)c1ccc(OC)cc1)c1ccc(OC)cc1. The Morgan fingerprint density at radius 1 is 0.909 bits per heavy atom. The predicted octanol–water partition coefficient (Wildman–Crippen LogP) is 4.01. The first-order valence-corrected chi connectivity index (χ1v) is 6.54. The van der Waals surface area contributed by atoms with Crippen LogP contribution in [0.4, 0.5) is 0 Å². The highest BCUT2D eigenvalue weighted by atomic mass is 16.5. The number of hydrogen-bond donors (Lipinski definition) is 0. The van der Waals surface area contributed by atoms with Crippen LogP contribution in [0.3, 0.4) is 0 Å². The van der Waals surface area contributed by atoms with Crippen molar-refractivity contribution in [3.8, 4) is 17.6 Å². The average Bonchev–Trinajstić information content (AvgIpc) is 2.60. The molecule has 0 radical (unpaired) electrons. The Bertz CT molecular complexity index is 693. The number of hydrogen-bond acceptors (Lipinski definition) is 3. The van der Waals surface area contributed by atoms with E-state index in [-0.39, 0.29) is 0 Å². The monoisotopic (exact) mass is 290 g/mol. The molecule has 4 nitrogen and oxygen atoms in total. The third kappa shape index (κ3) is 3.08. The van der Waals surface area contributed by atoms with Gasteiger partial charge in [-0.3, -0.25) is 0 Å². The van der Waals surface area contributed by atoms with E-state index in [9.17, 15) is 5.26 Å². The van der Waals surface area contributed by atoms with E-state index in [2.05, 4.69) is 10.9 Å². The fourth-order valence-corrected chi connectivity index (χ4v) is 2.03. The van der Waals surface area contributed by atoms with Crippen molar-refractivity contribution in [1.29, 1.82) is 5.26 Å². The molecule has 0 heterocycles. The van der Waals surface area contributed by atoms with E-state index >= 15 is 0 Å². The lowest BCUT2D eigenvalue weighted by atomic mass is 10.0. The van der Waals surface area contributed by atoms with Crippen LogP contribution in [0, 0.1) is 17.9 Å². The largest absolute Gasteiger partial charge is 0.497 e. The van der Waals surface area contributed by atoms with E-state index in [0.29, 0.717) is 33.9 Å². The van der Waals surface area contributed by atoms with Crippen molar-refractivity contribution < 1.29 is 9.47 Å². The van der Waals surface area contributed by atoms with E-state index in [4.69, 9.17) is 16.0 Å². The van der Waals surface area contributed by atoms with Gasteiger partial charge in [0.25, 0.3) is 0 Å². The van der Waals surface area contributed by atoms with Gasteiger partial charge in [-0.2, -0.15) is 5.26 Å². The highest BCUT2D eigenvalue weighted by Crippen LogP contribution is 2.29. The number of rotatable bonds is 4. The molecule has 0 spiro atoms. The zero-order valence-corrected chi connectivity index (χ0v) is 12.3. The average molecular weight is 290 g/mol. The summed E-state index contributed by atoms with van der Waals surface area (Å²) in [6.07, 6.45) is 0. The van der Waals surface area contributed by atoms with Gasteiger partial charge in [0, 0.05) is 0 Å². The molecule has 4 heteroatoms. The van der Waals surface area contributed by atoms with Crippen molar-refractivity contribution in [2.24, 2.45) is 0 Å². The minimum Gasteiger partial charge on any atom is -0.497 e. The number of nitrogens with zero attached hydrogens (tertiary/aromatic N) is 2. The van der Waals surface area contributed by atoms with Crippen molar-refractivity contribution >= 4 is 11.3 Å². The smallest absolute Gasteiger partial charge is 0.212 e. The Morgan fingerprint density at radius 3 is 1.73 bits per heavy atom. The van der Waals surface area contributed by atoms with Gasteiger partial charge >= 0.3 is 0 Å². The van der Waals surface area contributed by atoms with Gasteiger partial charge in [0.2, 0.25) is 5.70 Å². The van der Waals surface area contributed by atoms with Gasteiger partial charge in [0.1, 0.15) is 11.5 Å². The van der Waals surface area contributed by atoms with Crippen molar-refractivity contribution in [2.45, 2.75) is 0 Å². The Hall–Kier alpha value is -3.24. The molecule has 2 rings (SSSR count). The second kappa shape index (κ2) is 6.97. The zero-order valence-electron chi connectivity index (χ0n) is 12.3. The van der Waals surface area contributed by atoms with Gasteiger partial charge in [-0.15, -0.1) is 0 Å². The maximum absolute atomic E-state index is 9.46. The maximum atomic E-state index is 9.46. The molecule has 0 aliphatic carbocycles. The van der Waals surface area contributed by atoms with E-state index < -0.39 is 0 Å². The minimum absolute atomic E-state index is 0.315. The summed E-state index contributed by atoms with van der Waals surface area (Å²) in [6, 6.07) is 16.3. The van der Waals surface area contributed by atoms with E-state index in [1.807, 2.05) is 0 Å². The summed E-state index contributed by atoms with van der Waals surface area (Å²) in [7, 11) is 3.16. The molecule has 0 N–H and O–H groups in total. The molecule has 0 amide bonds. The first-order valence-electron chi connectivity index (χ1n) is 6.54. The van der Waals surface area contributed by atoms with Gasteiger partial charge < -0.3 is 9.47 Å². The third-order valence-corrected chi connectivity index (χ3v) is 3.20. The number of methoxy groups -OCH3 is 2. The molecule has 0 saturated heterocycles. The predicted molar refractivity (Wildman–Crippen MR) is 85.0 cm³/mol. The Kier molecular flexibility index (Phi) is 4.80. The quantitative estimate of drug-likeness (QED) is 0.485. The number of ether oxygens (including phenoxy) is 2. The molecular formula is C18H14N2O2. The summed E-state index contributed by atoms with van der Waals surface area (Å²) in [5.74, 6) is 1.41. The van der Waals surface area contributed by atoms with Gasteiger partial charge in [-0.1, -0.05) is 24.3 Å². The molecule has 0 aliphatic heterocycles. The van der Waals surface area contributed by atoms with Crippen LogP contribution in [0.15, 0.2) is 48.5 Å². The molecule has 0 unspecified atom stereocenters. The van der Waals surface area contributed by atoms with Crippen LogP contribution in [0.5, 0.6) is 11.5 Å². The number of nitriles is 1. The van der Waals surface area contributed by atoms with Crippen LogP contribution in [0.1, 0.15) is 11.1 Å². The molecule has 108 valence electrons. The van der Waals surface area contributed by atoms with Crippen LogP contribution >= 0.6 is 0 Å². The van der Waals surface area contributed by atoms with Crippen LogP contribution in [-0.2, 0) is 0 Å². The van der Waals surface area contributed by atoms with Crippen molar-refractivity contribution in [1.82, 2.24) is 0 Å². The molecule has 0 bridgehead atoms. The summed E-state index contributed by atoms with van der Waals surface area (Å²) < 4.78 is 10.2. The first kappa shape index (κ1) is 15.2. The summed E-state index contributed by atoms with van der Waals surface area (Å²) in [4.78, 5) is 3.54. The lowest BCUT2D eigenvalue weighted by Gasteiger charge is -2.06. The summed E-state index contributed by atoms with van der Waals surface area (Å²) in [6.45, 7) is 7.42. The Balaban J connectivity index is 2.52. The standard InChI is InChI=1S/C18H14N2O2/c1-20-18(14-6-10-16(22-3)11-7-14)17(12-19)13-4-8-15(21-2)9-5-13/h4-11H,2-3H3/b18-17-. The van der Waals surface area contributed by atoms with Gasteiger partial charge in [0.05, 0.1) is 32.4 Å². The Labute approximate surface area is 129 Å². The lowest BCUT2D eigenvalue weighted by Crippen LogP contribution is -1.90. The summed E-state index contributed by atoms with van der Waals surface area (Å²) >= 11 is 0. The molecule has 2 aromatic carbocycles. The van der Waals surface area contributed by atoms with Crippen molar-refractivity contribution in [3.05, 3.63) is 71.1 Å². The lowest BCUT2D eigenvalue weighted by molar-refractivity contribution is 0.414. The second-order valence-electron chi connectivity index (χ2n) is 4.40. The fourth-order valence-electron chi connectivity index (χ4n) is 2.03. The molecule has 0 fully saturated rings. The van der Waals surface area contributed by atoms with Gasteiger partial charge in [-0.05, 0) is 35.4 Å². The van der Waals surface area contributed by atoms with Gasteiger partial charge in [-0.25, -0.2) is 4.85 Å². The minimum atomic E-state index is 0.315. The molecule has 22 heavy (non-hydrogen) atoms. The molecule has 0 saturated carbocycles. The zero-order chi connectivity index (χ0) is 15.9.